The fraction of sp³-hybridized carbons (Fsp3) is 0.375. The summed E-state index contributed by atoms with van der Waals surface area (Å²) in [5.41, 5.74) is 5.51. The fourth-order valence-corrected chi connectivity index (χ4v) is 0.882. The molecular formula is C8H12ClN3O2. The third-order valence-electron chi connectivity index (χ3n) is 1.36. The molecule has 1 aromatic heterocycles. The van der Waals surface area contributed by atoms with Gasteiger partial charge in [0.25, 0.3) is 0 Å². The lowest BCUT2D eigenvalue weighted by Gasteiger charge is -1.99. The smallest absolute Gasteiger partial charge is 0.312 e. The Balaban J connectivity index is 0.000000791. The monoisotopic (exact) mass is 217 g/mol. The summed E-state index contributed by atoms with van der Waals surface area (Å²) in [6.07, 6.45) is 0. The molecule has 0 aliphatic heterocycles. The van der Waals surface area contributed by atoms with Gasteiger partial charge in [0.1, 0.15) is 0 Å². The van der Waals surface area contributed by atoms with E-state index in [2.05, 4.69) is 4.98 Å². The van der Waals surface area contributed by atoms with E-state index in [-0.39, 0.29) is 16.5 Å². The molecule has 2 N–H and O–H groups in total. The highest BCUT2D eigenvalue weighted by Gasteiger charge is 2.14. The molecule has 0 atom stereocenters. The highest BCUT2D eigenvalue weighted by molar-refractivity contribution is 6.31. The Kier molecular flexibility index (Phi) is 4.86. The van der Waals surface area contributed by atoms with Gasteiger partial charge in [0.2, 0.25) is 5.82 Å². The third kappa shape index (κ3) is 2.85. The summed E-state index contributed by atoms with van der Waals surface area (Å²) < 4.78 is 0. The van der Waals surface area contributed by atoms with Gasteiger partial charge in [-0.3, -0.25) is 10.1 Å². The number of hydrogen-bond acceptors (Lipinski definition) is 4. The van der Waals surface area contributed by atoms with E-state index in [1.165, 1.54) is 6.07 Å². The van der Waals surface area contributed by atoms with Crippen LogP contribution in [0.25, 0.3) is 0 Å². The van der Waals surface area contributed by atoms with Crippen LogP contribution in [0.5, 0.6) is 0 Å². The first-order chi connectivity index (χ1) is 6.52. The molecule has 1 aromatic rings. The van der Waals surface area contributed by atoms with E-state index in [9.17, 15) is 10.1 Å². The molecule has 6 heteroatoms. The second-order valence-electron chi connectivity index (χ2n) is 2.22. The summed E-state index contributed by atoms with van der Waals surface area (Å²) in [5, 5.41) is 10.6. The highest BCUT2D eigenvalue weighted by Crippen LogP contribution is 2.24. The molecule has 0 fully saturated rings. The van der Waals surface area contributed by atoms with Crippen LogP contribution in [0, 0.1) is 17.0 Å². The molecular weight excluding hydrogens is 206 g/mol. The van der Waals surface area contributed by atoms with E-state index in [1.54, 1.807) is 6.92 Å². The van der Waals surface area contributed by atoms with E-state index in [0.29, 0.717) is 5.69 Å². The molecule has 0 aliphatic rings. The molecule has 0 spiro atoms. The van der Waals surface area contributed by atoms with Gasteiger partial charge >= 0.3 is 5.69 Å². The summed E-state index contributed by atoms with van der Waals surface area (Å²) in [7, 11) is 0. The van der Waals surface area contributed by atoms with Crippen LogP contribution < -0.4 is 5.73 Å². The second-order valence-corrected chi connectivity index (χ2v) is 2.62. The van der Waals surface area contributed by atoms with Crippen molar-refractivity contribution < 1.29 is 4.92 Å². The van der Waals surface area contributed by atoms with Crippen LogP contribution in [0.1, 0.15) is 19.5 Å². The number of aromatic nitrogens is 1. The molecule has 0 saturated heterocycles. The van der Waals surface area contributed by atoms with Crippen molar-refractivity contribution in [3.63, 3.8) is 0 Å². The van der Waals surface area contributed by atoms with Crippen LogP contribution in [-0.4, -0.2) is 9.91 Å². The SMILES string of the molecule is CC.Cc1nc(N)c([N+](=O)[O-])cc1Cl. The lowest BCUT2D eigenvalue weighted by atomic mass is 10.3. The number of nitro groups is 1. The molecule has 0 saturated carbocycles. The normalized spacial score (nSPS) is 8.86. The van der Waals surface area contributed by atoms with Crippen molar-refractivity contribution in [3.8, 4) is 0 Å². The van der Waals surface area contributed by atoms with Gasteiger partial charge in [0.05, 0.1) is 15.6 Å². The van der Waals surface area contributed by atoms with Gasteiger partial charge in [-0.1, -0.05) is 25.4 Å². The number of nitrogen functional groups attached to an aromatic ring is 1. The summed E-state index contributed by atoms with van der Waals surface area (Å²) >= 11 is 5.61. The Morgan fingerprint density at radius 1 is 1.57 bits per heavy atom. The third-order valence-corrected chi connectivity index (χ3v) is 1.74. The van der Waals surface area contributed by atoms with Crippen molar-refractivity contribution in [1.82, 2.24) is 4.98 Å². The molecule has 0 bridgehead atoms. The van der Waals surface area contributed by atoms with Crippen molar-refractivity contribution in [2.24, 2.45) is 0 Å². The van der Waals surface area contributed by atoms with E-state index in [0.717, 1.165) is 0 Å². The van der Waals surface area contributed by atoms with E-state index < -0.39 is 4.92 Å². The average molecular weight is 218 g/mol. The van der Waals surface area contributed by atoms with E-state index in [1.807, 2.05) is 13.8 Å². The van der Waals surface area contributed by atoms with Crippen LogP contribution in [-0.2, 0) is 0 Å². The minimum Gasteiger partial charge on any atom is -0.378 e. The van der Waals surface area contributed by atoms with Crippen molar-refractivity contribution >= 4 is 23.1 Å². The number of anilines is 1. The maximum Gasteiger partial charge on any atom is 0.312 e. The molecule has 5 nitrogen and oxygen atoms in total. The second kappa shape index (κ2) is 5.39. The van der Waals surface area contributed by atoms with Gasteiger partial charge in [-0.25, -0.2) is 4.98 Å². The van der Waals surface area contributed by atoms with Crippen LogP contribution in [0.3, 0.4) is 0 Å². The van der Waals surface area contributed by atoms with Gasteiger partial charge < -0.3 is 5.73 Å². The molecule has 0 radical (unpaired) electrons. The largest absolute Gasteiger partial charge is 0.378 e. The van der Waals surface area contributed by atoms with Crippen LogP contribution in [0.2, 0.25) is 5.02 Å². The Bertz CT molecular complexity index is 342. The first kappa shape index (κ1) is 12.6. The van der Waals surface area contributed by atoms with Gasteiger partial charge in [-0.05, 0) is 6.92 Å². The standard InChI is InChI=1S/C6H6ClN3O2.C2H6/c1-3-4(7)2-5(10(11)12)6(8)9-3;1-2/h2H,1H3,(H2,8,9);1-2H3. The molecule has 1 heterocycles. The summed E-state index contributed by atoms with van der Waals surface area (Å²) in [6, 6.07) is 1.19. The van der Waals surface area contributed by atoms with Gasteiger partial charge in [0.15, 0.2) is 0 Å². The Hall–Kier alpha value is -1.36. The highest BCUT2D eigenvalue weighted by atomic mass is 35.5. The zero-order valence-corrected chi connectivity index (χ0v) is 9.00. The summed E-state index contributed by atoms with van der Waals surface area (Å²) in [6.45, 7) is 5.63. The molecule has 0 aromatic carbocycles. The van der Waals surface area contributed by atoms with Crippen molar-refractivity contribution in [2.45, 2.75) is 20.8 Å². The van der Waals surface area contributed by atoms with E-state index in [4.69, 9.17) is 17.3 Å². The van der Waals surface area contributed by atoms with Crippen LogP contribution >= 0.6 is 11.6 Å². The number of aryl methyl sites for hydroxylation is 1. The minimum atomic E-state index is -0.617. The number of nitrogens with zero attached hydrogens (tertiary/aromatic N) is 2. The minimum absolute atomic E-state index is 0.109. The van der Waals surface area contributed by atoms with Crippen LogP contribution in [0.4, 0.5) is 11.5 Å². The number of pyridine rings is 1. The molecule has 0 unspecified atom stereocenters. The number of nitrogens with two attached hydrogens (primary N) is 1. The first-order valence-electron chi connectivity index (χ1n) is 4.09. The zero-order chi connectivity index (χ0) is 11.3. The number of rotatable bonds is 1. The topological polar surface area (TPSA) is 82.0 Å². The summed E-state index contributed by atoms with van der Waals surface area (Å²) in [4.78, 5) is 13.4. The quantitative estimate of drug-likeness (QED) is 0.579. The average Bonchev–Trinajstić information content (AvgIpc) is 2.14. The predicted molar refractivity (Wildman–Crippen MR) is 56.4 cm³/mol. The lowest BCUT2D eigenvalue weighted by Crippen LogP contribution is -1.99. The molecule has 0 amide bonds. The maximum atomic E-state index is 10.3. The zero-order valence-electron chi connectivity index (χ0n) is 8.24. The number of hydrogen-bond donors (Lipinski definition) is 1. The van der Waals surface area contributed by atoms with Crippen molar-refractivity contribution in [2.75, 3.05) is 5.73 Å². The number of halogens is 1. The molecule has 78 valence electrons. The van der Waals surface area contributed by atoms with Gasteiger partial charge in [-0.15, -0.1) is 0 Å². The Labute approximate surface area is 87.0 Å². The Morgan fingerprint density at radius 2 is 2.07 bits per heavy atom. The predicted octanol–water partition coefficient (Wildman–Crippen LogP) is 2.56. The van der Waals surface area contributed by atoms with Crippen LogP contribution in [0.15, 0.2) is 6.07 Å². The van der Waals surface area contributed by atoms with Gasteiger partial charge in [0, 0.05) is 6.07 Å². The van der Waals surface area contributed by atoms with E-state index >= 15 is 0 Å². The van der Waals surface area contributed by atoms with Crippen molar-refractivity contribution in [3.05, 3.63) is 26.9 Å². The Morgan fingerprint density at radius 3 is 2.50 bits per heavy atom. The summed E-state index contributed by atoms with van der Waals surface area (Å²) in [5.74, 6) is -0.109. The lowest BCUT2D eigenvalue weighted by molar-refractivity contribution is -0.384. The van der Waals surface area contributed by atoms with Crippen molar-refractivity contribution in [1.29, 1.82) is 0 Å². The maximum absolute atomic E-state index is 10.3. The van der Waals surface area contributed by atoms with Gasteiger partial charge in [-0.2, -0.15) is 0 Å². The fourth-order valence-electron chi connectivity index (χ4n) is 0.736. The first-order valence-corrected chi connectivity index (χ1v) is 4.47. The molecule has 1 rings (SSSR count). The molecule has 0 aliphatic carbocycles. The molecule has 14 heavy (non-hydrogen) atoms.